The number of rotatable bonds is 16. The predicted molar refractivity (Wildman–Crippen MR) is 154 cm³/mol. The zero-order valence-corrected chi connectivity index (χ0v) is 23.9. The van der Waals surface area contributed by atoms with Gasteiger partial charge in [0.1, 0.15) is 18.8 Å². The van der Waals surface area contributed by atoms with Gasteiger partial charge in [-0.2, -0.15) is 0 Å². The minimum Gasteiger partial charge on any atom is -0.505 e. The topological polar surface area (TPSA) is 37.5 Å². The fourth-order valence-corrected chi connectivity index (χ4v) is 7.30. The third kappa shape index (κ3) is 7.90. The number of piperidine rings is 1. The zero-order chi connectivity index (χ0) is 25.8. The van der Waals surface area contributed by atoms with E-state index in [2.05, 4.69) is 42.0 Å². The molecular weight excluding hydrogens is 454 g/mol. The standard InChI is InChI=1S/C33H54N3O/c1-2-3-4-5-6-7-8-9-10-11-12-13-27-37-31-19-17-30(18-20-31)28-32-21-14-22-33(36(32)34)24-16-26-35(29-33)25-15-23-32/h17-20,29H,2-16,21-28H2,1H3/q+1. The number of nitrogens with zero attached hydrogens (tertiary/aromatic N) is 3. The fraction of sp³-hybridized carbons (Fsp3) is 0.788. The van der Waals surface area contributed by atoms with E-state index >= 15 is 0 Å². The molecule has 0 saturated carbocycles. The zero-order valence-electron chi connectivity index (χ0n) is 23.9. The van der Waals surface area contributed by atoms with Gasteiger partial charge in [0.15, 0.2) is 5.54 Å². The molecule has 0 radical (unpaired) electrons. The monoisotopic (exact) mass is 508 g/mol. The largest absolute Gasteiger partial charge is 0.505 e. The highest BCUT2D eigenvalue weighted by molar-refractivity contribution is 5.64. The highest BCUT2D eigenvalue weighted by Gasteiger charge is 2.55. The van der Waals surface area contributed by atoms with Crippen molar-refractivity contribution in [2.75, 3.05) is 19.7 Å². The maximum absolute atomic E-state index is 11.6. The molecule has 2 unspecified atom stereocenters. The number of ether oxygens (including phenoxy) is 1. The van der Waals surface area contributed by atoms with Crippen molar-refractivity contribution in [2.45, 2.75) is 146 Å². The molecule has 4 heteroatoms. The Hall–Kier alpha value is -1.71. The van der Waals surface area contributed by atoms with Crippen LogP contribution in [0.15, 0.2) is 24.3 Å². The molecule has 37 heavy (non-hydrogen) atoms. The molecule has 1 saturated heterocycles. The fourth-order valence-electron chi connectivity index (χ4n) is 7.30. The van der Waals surface area contributed by atoms with E-state index in [9.17, 15) is 5.53 Å². The van der Waals surface area contributed by atoms with Gasteiger partial charge in [0.25, 0.3) is 0 Å². The molecule has 0 N–H and O–H groups in total. The molecule has 3 aliphatic rings. The Labute approximate surface area is 227 Å². The summed E-state index contributed by atoms with van der Waals surface area (Å²) in [6.45, 7) is 5.41. The van der Waals surface area contributed by atoms with Gasteiger partial charge in [-0.05, 0) is 30.5 Å². The van der Waals surface area contributed by atoms with Crippen LogP contribution in [0.1, 0.15) is 134 Å². The van der Waals surface area contributed by atoms with Crippen molar-refractivity contribution in [3.8, 4) is 5.75 Å². The van der Waals surface area contributed by atoms with E-state index in [1.807, 2.05) is 4.70 Å². The summed E-state index contributed by atoms with van der Waals surface area (Å²) in [5.41, 5.74) is 12.6. The third-order valence-electron chi connectivity index (χ3n) is 9.41. The molecule has 4 rings (SSSR count). The number of unbranched alkanes of at least 4 members (excludes halogenated alkanes) is 11. The lowest BCUT2D eigenvalue weighted by molar-refractivity contribution is -0.706. The van der Waals surface area contributed by atoms with Crippen LogP contribution in [0.4, 0.5) is 0 Å². The van der Waals surface area contributed by atoms with Crippen molar-refractivity contribution in [1.82, 2.24) is 0 Å². The number of benzene rings is 1. The lowest BCUT2D eigenvalue weighted by atomic mass is 9.71. The molecule has 1 aromatic carbocycles. The Kier molecular flexibility index (Phi) is 11.0. The summed E-state index contributed by atoms with van der Waals surface area (Å²) in [4.78, 5) is 0. The first-order chi connectivity index (χ1) is 18.2. The van der Waals surface area contributed by atoms with Crippen molar-refractivity contribution >= 4 is 6.21 Å². The normalized spacial score (nSPS) is 25.3. The van der Waals surface area contributed by atoms with Crippen LogP contribution < -0.4 is 4.74 Å². The van der Waals surface area contributed by atoms with Gasteiger partial charge in [0.05, 0.1) is 6.61 Å². The van der Waals surface area contributed by atoms with Crippen LogP contribution in [0.2, 0.25) is 0 Å². The Morgan fingerprint density at radius 1 is 0.730 bits per heavy atom. The molecule has 0 aliphatic carbocycles. The van der Waals surface area contributed by atoms with Gasteiger partial charge in [-0.1, -0.05) is 89.7 Å². The minimum absolute atomic E-state index is 0.129. The quantitative estimate of drug-likeness (QED) is 0.162. The number of hydrogen-bond donors (Lipinski definition) is 0. The van der Waals surface area contributed by atoms with Gasteiger partial charge in [-0.3, -0.25) is 0 Å². The van der Waals surface area contributed by atoms with Crippen LogP contribution in [-0.2, 0) is 6.42 Å². The highest BCUT2D eigenvalue weighted by atomic mass is 16.5. The molecule has 1 fully saturated rings. The molecule has 4 nitrogen and oxygen atoms in total. The second-order valence-corrected chi connectivity index (χ2v) is 12.4. The van der Waals surface area contributed by atoms with Crippen LogP contribution in [0.25, 0.3) is 5.53 Å². The van der Waals surface area contributed by atoms with Crippen molar-refractivity contribution in [2.24, 2.45) is 0 Å². The third-order valence-corrected chi connectivity index (χ3v) is 9.41. The van der Waals surface area contributed by atoms with Crippen LogP contribution in [0.5, 0.6) is 5.75 Å². The SMILES string of the molecule is CCCCCCCCCCCCCCOc1ccc(CC23CCC[N+]4=CC(CCC4)(CCC2)[N+]3=[N-])cc1. The Balaban J connectivity index is 1.14. The number of hydrogen-bond acceptors (Lipinski definition) is 1. The molecule has 0 aromatic heterocycles. The van der Waals surface area contributed by atoms with Crippen molar-refractivity contribution in [3.05, 3.63) is 35.4 Å². The van der Waals surface area contributed by atoms with E-state index in [1.165, 1.54) is 89.0 Å². The first-order valence-corrected chi connectivity index (χ1v) is 16.0. The lowest BCUT2D eigenvalue weighted by Gasteiger charge is -2.47. The molecule has 3 aliphatic heterocycles. The first kappa shape index (κ1) is 28.3. The summed E-state index contributed by atoms with van der Waals surface area (Å²) in [7, 11) is 0. The van der Waals surface area contributed by atoms with E-state index in [-0.39, 0.29) is 11.1 Å². The van der Waals surface area contributed by atoms with Crippen LogP contribution >= 0.6 is 0 Å². The summed E-state index contributed by atoms with van der Waals surface area (Å²) in [5.74, 6) is 0.985. The van der Waals surface area contributed by atoms with E-state index < -0.39 is 0 Å². The Morgan fingerprint density at radius 2 is 1.30 bits per heavy atom. The maximum atomic E-state index is 11.6. The van der Waals surface area contributed by atoms with E-state index in [4.69, 9.17) is 4.74 Å². The molecule has 2 atom stereocenters. The highest BCUT2D eigenvalue weighted by Crippen LogP contribution is 2.43. The van der Waals surface area contributed by atoms with Crippen LogP contribution in [0.3, 0.4) is 0 Å². The lowest BCUT2D eigenvalue weighted by Crippen LogP contribution is -2.62. The van der Waals surface area contributed by atoms with Crippen molar-refractivity contribution < 1.29 is 14.0 Å². The maximum Gasteiger partial charge on any atom is 0.228 e. The van der Waals surface area contributed by atoms with Gasteiger partial charge >= 0.3 is 0 Å². The Bertz CT molecular complexity index is 863. The van der Waals surface area contributed by atoms with Gasteiger partial charge in [-0.15, -0.1) is 0 Å². The first-order valence-electron chi connectivity index (χ1n) is 16.0. The van der Waals surface area contributed by atoms with Crippen LogP contribution in [-0.4, -0.2) is 46.3 Å². The average molecular weight is 509 g/mol. The van der Waals surface area contributed by atoms with Gasteiger partial charge < -0.3 is 15.0 Å². The smallest absolute Gasteiger partial charge is 0.228 e. The summed E-state index contributed by atoms with van der Waals surface area (Å²) in [6, 6.07) is 8.75. The molecule has 3 heterocycles. The van der Waals surface area contributed by atoms with Crippen molar-refractivity contribution in [3.63, 3.8) is 0 Å². The number of fused-ring (bicyclic) bond motifs is 1. The van der Waals surface area contributed by atoms with Gasteiger partial charge in [-0.25, -0.2) is 4.58 Å². The summed E-state index contributed by atoms with van der Waals surface area (Å²) >= 11 is 0. The summed E-state index contributed by atoms with van der Waals surface area (Å²) < 4.78 is 10.4. The summed E-state index contributed by atoms with van der Waals surface area (Å²) in [5, 5.41) is 0. The molecule has 1 spiro atoms. The second kappa shape index (κ2) is 14.4. The van der Waals surface area contributed by atoms with Gasteiger partial charge in [0.2, 0.25) is 11.8 Å². The van der Waals surface area contributed by atoms with E-state index in [0.29, 0.717) is 0 Å². The molecule has 0 amide bonds. The molecule has 1 aromatic rings. The van der Waals surface area contributed by atoms with Gasteiger partial charge in [0, 0.05) is 44.9 Å². The Morgan fingerprint density at radius 3 is 1.97 bits per heavy atom. The average Bonchev–Trinajstić information content (AvgIpc) is 2.91. The minimum atomic E-state index is -0.145. The second-order valence-electron chi connectivity index (χ2n) is 12.4. The molecular formula is C33H54N3O+. The van der Waals surface area contributed by atoms with E-state index in [0.717, 1.165) is 70.4 Å². The summed E-state index contributed by atoms with van der Waals surface area (Å²) in [6.07, 6.45) is 27.7. The van der Waals surface area contributed by atoms with Crippen molar-refractivity contribution in [1.29, 1.82) is 0 Å². The molecule has 3 bridgehead atoms. The van der Waals surface area contributed by atoms with E-state index in [1.54, 1.807) is 0 Å². The molecule has 206 valence electrons. The predicted octanol–water partition coefficient (Wildman–Crippen LogP) is 8.68. The van der Waals surface area contributed by atoms with Crippen LogP contribution in [0, 0.1) is 0 Å².